The molecule has 0 amide bonds. The first kappa shape index (κ1) is 15.5. The Morgan fingerprint density at radius 1 is 0.593 bits per heavy atom. The van der Waals surface area contributed by atoms with Crippen LogP contribution in [-0.2, 0) is 0 Å². The van der Waals surface area contributed by atoms with E-state index < -0.39 is 0 Å². The van der Waals surface area contributed by atoms with Crippen LogP contribution in [0.15, 0.2) is 91.6 Å². The lowest BCUT2D eigenvalue weighted by molar-refractivity contribution is 0.470. The Kier molecular flexibility index (Phi) is 3.72. The number of rotatable bonds is 3. The van der Waals surface area contributed by atoms with E-state index in [1.54, 1.807) is 24.8 Å². The van der Waals surface area contributed by atoms with Crippen LogP contribution in [0.3, 0.4) is 0 Å². The predicted octanol–water partition coefficient (Wildman–Crippen LogP) is 5.64. The maximum Gasteiger partial charge on any atom is 0.237 e. The van der Waals surface area contributed by atoms with E-state index in [9.17, 15) is 0 Å². The fourth-order valence-electron chi connectivity index (χ4n) is 3.45. The second-order valence-corrected chi connectivity index (χ2v) is 6.18. The summed E-state index contributed by atoms with van der Waals surface area (Å²) in [5, 5.41) is 4.18. The Morgan fingerprint density at radius 3 is 2.15 bits per heavy atom. The second-order valence-electron chi connectivity index (χ2n) is 6.18. The van der Waals surface area contributed by atoms with Gasteiger partial charge >= 0.3 is 0 Å². The fraction of sp³-hybridized carbons (Fsp3) is 0. The third-order valence-electron chi connectivity index (χ3n) is 4.58. The summed E-state index contributed by atoms with van der Waals surface area (Å²) in [5.74, 6) is 1.23. The molecule has 0 fully saturated rings. The van der Waals surface area contributed by atoms with Crippen LogP contribution in [0.4, 0.5) is 0 Å². The number of hydrogen-bond donors (Lipinski definition) is 0. The molecule has 3 aromatic carbocycles. The number of hydrogen-bond acceptors (Lipinski definition) is 4. The van der Waals surface area contributed by atoms with Gasteiger partial charge in [-0.2, -0.15) is 0 Å². The molecule has 5 aromatic rings. The van der Waals surface area contributed by atoms with Crippen LogP contribution in [0.1, 0.15) is 0 Å². The Balaban J connectivity index is 1.89. The Labute approximate surface area is 156 Å². The van der Waals surface area contributed by atoms with E-state index in [0.29, 0.717) is 5.88 Å². The van der Waals surface area contributed by atoms with Crippen molar-refractivity contribution in [3.05, 3.63) is 91.6 Å². The van der Waals surface area contributed by atoms with E-state index in [2.05, 4.69) is 51.4 Å². The summed E-state index contributed by atoms with van der Waals surface area (Å²) in [6.45, 7) is 0. The summed E-state index contributed by atoms with van der Waals surface area (Å²) in [4.78, 5) is 12.7. The lowest BCUT2D eigenvalue weighted by Crippen LogP contribution is -1.94. The van der Waals surface area contributed by atoms with Gasteiger partial charge in [0.1, 0.15) is 5.75 Å². The van der Waals surface area contributed by atoms with Crippen LogP contribution in [-0.4, -0.2) is 15.0 Å². The van der Waals surface area contributed by atoms with Crippen molar-refractivity contribution in [3.63, 3.8) is 0 Å². The number of nitrogens with zero attached hydrogens (tertiary/aromatic N) is 3. The molecule has 5 rings (SSSR count). The van der Waals surface area contributed by atoms with E-state index in [1.807, 2.05) is 30.5 Å². The molecule has 0 saturated carbocycles. The smallest absolute Gasteiger partial charge is 0.237 e. The van der Waals surface area contributed by atoms with Crippen molar-refractivity contribution in [2.75, 3.05) is 0 Å². The van der Waals surface area contributed by atoms with Crippen LogP contribution >= 0.6 is 0 Å². The monoisotopic (exact) mass is 349 g/mol. The second kappa shape index (κ2) is 6.50. The highest BCUT2D eigenvalue weighted by atomic mass is 16.5. The van der Waals surface area contributed by atoms with Gasteiger partial charge in [-0.3, -0.25) is 9.97 Å². The Bertz CT molecular complexity index is 1180. The molecular weight excluding hydrogens is 334 g/mol. The van der Waals surface area contributed by atoms with Gasteiger partial charge in [0, 0.05) is 40.9 Å². The van der Waals surface area contributed by atoms with Crippen molar-refractivity contribution in [2.24, 2.45) is 0 Å². The van der Waals surface area contributed by atoms with Crippen molar-refractivity contribution in [2.45, 2.75) is 0 Å². The number of benzene rings is 3. The molecule has 4 nitrogen and oxygen atoms in total. The molecule has 0 aliphatic carbocycles. The predicted molar refractivity (Wildman–Crippen MR) is 107 cm³/mol. The number of fused-ring (bicyclic) bond motifs is 2. The quantitative estimate of drug-likeness (QED) is 0.396. The van der Waals surface area contributed by atoms with Gasteiger partial charge in [-0.15, -0.1) is 0 Å². The van der Waals surface area contributed by atoms with Crippen LogP contribution < -0.4 is 4.74 Å². The molecule has 128 valence electrons. The van der Waals surface area contributed by atoms with Gasteiger partial charge in [0.05, 0.1) is 6.20 Å². The number of aromatic nitrogens is 3. The first-order valence-electron chi connectivity index (χ1n) is 8.69. The summed E-state index contributed by atoms with van der Waals surface area (Å²) in [6, 6.07) is 20.6. The Morgan fingerprint density at radius 2 is 1.33 bits per heavy atom. The maximum atomic E-state index is 6.19. The van der Waals surface area contributed by atoms with Crippen molar-refractivity contribution >= 4 is 21.5 Å². The third-order valence-corrected chi connectivity index (χ3v) is 4.58. The van der Waals surface area contributed by atoms with E-state index in [1.165, 1.54) is 0 Å². The minimum atomic E-state index is 0.466. The molecule has 27 heavy (non-hydrogen) atoms. The van der Waals surface area contributed by atoms with Crippen LogP contribution in [0.2, 0.25) is 0 Å². The van der Waals surface area contributed by atoms with Gasteiger partial charge in [-0.25, -0.2) is 4.98 Å². The van der Waals surface area contributed by atoms with Gasteiger partial charge in [0.2, 0.25) is 5.88 Å². The topological polar surface area (TPSA) is 47.9 Å². The first-order valence-corrected chi connectivity index (χ1v) is 8.69. The molecule has 0 saturated heterocycles. The van der Waals surface area contributed by atoms with Gasteiger partial charge in [0.25, 0.3) is 0 Å². The first-order chi connectivity index (χ1) is 13.4. The van der Waals surface area contributed by atoms with Gasteiger partial charge < -0.3 is 4.74 Å². The molecule has 0 atom stereocenters. The molecule has 0 aliphatic heterocycles. The lowest BCUT2D eigenvalue weighted by atomic mass is 9.92. The molecule has 0 N–H and O–H groups in total. The van der Waals surface area contributed by atoms with Gasteiger partial charge in [-0.1, -0.05) is 54.6 Å². The molecule has 0 unspecified atom stereocenters. The molecule has 0 radical (unpaired) electrons. The molecule has 0 aliphatic rings. The number of ether oxygens (including phenoxy) is 1. The van der Waals surface area contributed by atoms with Crippen molar-refractivity contribution in [1.82, 2.24) is 15.0 Å². The highest BCUT2D eigenvalue weighted by molar-refractivity contribution is 6.16. The zero-order valence-corrected chi connectivity index (χ0v) is 14.4. The van der Waals surface area contributed by atoms with E-state index >= 15 is 0 Å². The molecule has 2 aromatic heterocycles. The summed E-state index contributed by atoms with van der Waals surface area (Å²) >= 11 is 0. The van der Waals surface area contributed by atoms with Gasteiger partial charge in [0.15, 0.2) is 0 Å². The zero-order chi connectivity index (χ0) is 18.1. The highest BCUT2D eigenvalue weighted by Gasteiger charge is 2.17. The minimum absolute atomic E-state index is 0.466. The number of pyridine rings is 1. The summed E-state index contributed by atoms with van der Waals surface area (Å²) in [6.07, 6.45) is 8.56. The summed E-state index contributed by atoms with van der Waals surface area (Å²) < 4.78 is 6.19. The molecule has 4 heteroatoms. The van der Waals surface area contributed by atoms with Gasteiger partial charge in [-0.05, 0) is 22.6 Å². The minimum Gasteiger partial charge on any atom is -0.436 e. The summed E-state index contributed by atoms with van der Waals surface area (Å²) in [7, 11) is 0. The molecule has 2 heterocycles. The van der Waals surface area contributed by atoms with Crippen molar-refractivity contribution in [3.8, 4) is 22.8 Å². The average molecular weight is 349 g/mol. The SMILES string of the molecule is c1ccc(-c2c3ccccc3c(Oc3cnccn3)c3ccncc23)cc1. The molecule has 0 bridgehead atoms. The highest BCUT2D eigenvalue weighted by Crippen LogP contribution is 2.43. The third kappa shape index (κ3) is 2.68. The van der Waals surface area contributed by atoms with Crippen molar-refractivity contribution < 1.29 is 4.74 Å². The Hall–Kier alpha value is -3.79. The van der Waals surface area contributed by atoms with E-state index in [4.69, 9.17) is 4.74 Å². The van der Waals surface area contributed by atoms with Crippen LogP contribution in [0.5, 0.6) is 11.6 Å². The van der Waals surface area contributed by atoms with Crippen LogP contribution in [0, 0.1) is 0 Å². The maximum absolute atomic E-state index is 6.19. The molecule has 0 spiro atoms. The fourth-order valence-corrected chi connectivity index (χ4v) is 3.45. The van der Waals surface area contributed by atoms with E-state index in [0.717, 1.165) is 38.4 Å². The summed E-state index contributed by atoms with van der Waals surface area (Å²) in [5.41, 5.74) is 2.30. The standard InChI is InChI=1S/C23H15N3O/c1-2-6-16(7-3-1)22-17-8-4-5-9-18(17)23(19-10-11-24-14-20(19)22)27-21-15-25-12-13-26-21/h1-15H. The largest absolute Gasteiger partial charge is 0.436 e. The van der Waals surface area contributed by atoms with Crippen LogP contribution in [0.25, 0.3) is 32.7 Å². The average Bonchev–Trinajstić information content (AvgIpc) is 2.75. The normalized spacial score (nSPS) is 11.0. The molecular formula is C23H15N3O. The van der Waals surface area contributed by atoms with E-state index in [-0.39, 0.29) is 0 Å². The zero-order valence-electron chi connectivity index (χ0n) is 14.4. The lowest BCUT2D eigenvalue weighted by Gasteiger charge is -2.16. The van der Waals surface area contributed by atoms with Crippen molar-refractivity contribution in [1.29, 1.82) is 0 Å².